The van der Waals surface area contributed by atoms with Crippen molar-refractivity contribution >= 4 is 34.7 Å². The molecule has 0 aliphatic rings. The molecule has 63 heavy (non-hydrogen) atoms. The number of unbranched alkanes of at least 4 members (excludes halogenated alkanes) is 36. The molecular formula is C62H107I. The van der Waals surface area contributed by atoms with Gasteiger partial charge in [-0.3, -0.25) is 0 Å². The topological polar surface area (TPSA) is 0 Å². The third-order valence-electron chi connectivity index (χ3n) is 14.3. The van der Waals surface area contributed by atoms with Crippen molar-refractivity contribution in [3.05, 3.63) is 67.3 Å². The minimum atomic E-state index is 1.26. The molecule has 0 aliphatic heterocycles. The molecule has 0 saturated heterocycles. The molecular weight excluding hydrogens is 872 g/mol. The highest BCUT2D eigenvalue weighted by atomic mass is 127. The van der Waals surface area contributed by atoms with Crippen LogP contribution in [0.3, 0.4) is 0 Å². The molecule has 2 rings (SSSR count). The van der Waals surface area contributed by atoms with E-state index in [0.29, 0.717) is 0 Å². The van der Waals surface area contributed by atoms with Gasteiger partial charge in [-0.05, 0) is 107 Å². The van der Waals surface area contributed by atoms with Gasteiger partial charge in [-0.2, -0.15) is 0 Å². The van der Waals surface area contributed by atoms with E-state index in [1.807, 2.05) is 11.1 Å². The molecule has 2 aromatic carbocycles. The highest BCUT2D eigenvalue weighted by molar-refractivity contribution is 14.1. The fourth-order valence-corrected chi connectivity index (χ4v) is 11.3. The van der Waals surface area contributed by atoms with Crippen LogP contribution < -0.4 is 0 Å². The molecule has 0 unspecified atom stereocenters. The molecule has 0 heterocycles. The maximum absolute atomic E-state index is 2.85. The molecule has 0 saturated carbocycles. The smallest absolute Gasteiger partial charge is 0.0240 e. The molecule has 0 bridgehead atoms. The van der Waals surface area contributed by atoms with E-state index in [2.05, 4.69) is 92.8 Å². The summed E-state index contributed by atoms with van der Waals surface area (Å²) < 4.78 is 1.60. The molecule has 2 aromatic rings. The van der Waals surface area contributed by atoms with Crippen LogP contribution in [0.25, 0.3) is 12.2 Å². The minimum Gasteiger partial charge on any atom is -0.0654 e. The quantitative estimate of drug-likeness (QED) is 0.0352. The van der Waals surface area contributed by atoms with Gasteiger partial charge in [0.1, 0.15) is 0 Å². The molecule has 0 amide bonds. The van der Waals surface area contributed by atoms with E-state index in [1.165, 1.54) is 288 Å². The molecule has 0 aromatic heterocycles. The van der Waals surface area contributed by atoms with Crippen molar-refractivity contribution in [2.75, 3.05) is 0 Å². The van der Waals surface area contributed by atoms with Crippen molar-refractivity contribution in [2.45, 2.75) is 310 Å². The summed E-state index contributed by atoms with van der Waals surface area (Å²) in [5.74, 6) is 0. The van der Waals surface area contributed by atoms with Crippen LogP contribution in [0.15, 0.2) is 30.3 Å². The second-order valence-electron chi connectivity index (χ2n) is 20.1. The van der Waals surface area contributed by atoms with Gasteiger partial charge in [0.15, 0.2) is 0 Å². The van der Waals surface area contributed by atoms with Gasteiger partial charge in [-0.15, -0.1) is 0 Å². The van der Waals surface area contributed by atoms with E-state index in [4.69, 9.17) is 0 Å². The second kappa shape index (κ2) is 43.5. The Hall–Kier alpha value is -1.09. The van der Waals surface area contributed by atoms with Crippen molar-refractivity contribution in [1.82, 2.24) is 0 Å². The van der Waals surface area contributed by atoms with Crippen molar-refractivity contribution in [1.29, 1.82) is 0 Å². The van der Waals surface area contributed by atoms with Crippen molar-refractivity contribution in [2.24, 2.45) is 0 Å². The highest BCUT2D eigenvalue weighted by Crippen LogP contribution is 2.36. The van der Waals surface area contributed by atoms with E-state index < -0.39 is 0 Å². The second-order valence-corrected chi connectivity index (χ2v) is 21.2. The lowest BCUT2D eigenvalue weighted by Gasteiger charge is -2.25. The van der Waals surface area contributed by atoms with Crippen LogP contribution in [0.1, 0.15) is 318 Å². The molecule has 0 fully saturated rings. The number of hydrogen-bond acceptors (Lipinski definition) is 0. The van der Waals surface area contributed by atoms with Gasteiger partial charge >= 0.3 is 0 Å². The van der Waals surface area contributed by atoms with Gasteiger partial charge in [0, 0.05) is 3.57 Å². The molecule has 0 spiro atoms. The maximum Gasteiger partial charge on any atom is 0.0240 e. The van der Waals surface area contributed by atoms with Crippen LogP contribution in [0.5, 0.6) is 0 Å². The average Bonchev–Trinajstić information content (AvgIpc) is 3.30. The number of rotatable bonds is 46. The predicted octanol–water partition coefficient (Wildman–Crippen LogP) is 22.3. The predicted molar refractivity (Wildman–Crippen MR) is 297 cm³/mol. The molecule has 1 heteroatoms. The van der Waals surface area contributed by atoms with E-state index in [9.17, 15) is 0 Å². The summed E-state index contributed by atoms with van der Waals surface area (Å²) in [7, 11) is 0. The number of hydrogen-bond donors (Lipinski definition) is 0. The van der Waals surface area contributed by atoms with Crippen LogP contribution in [-0.2, 0) is 25.7 Å². The van der Waals surface area contributed by atoms with Crippen LogP contribution in [-0.4, -0.2) is 0 Å². The molecule has 0 aliphatic carbocycles. The third kappa shape index (κ3) is 30.0. The first kappa shape index (κ1) is 58.0. The fraction of sp³-hybridized carbons (Fsp3) is 0.774. The van der Waals surface area contributed by atoms with Crippen molar-refractivity contribution < 1.29 is 0 Å². The Labute approximate surface area is 409 Å². The number of halogens is 1. The molecule has 0 N–H and O–H groups in total. The SMILES string of the molecule is CCCCCCCCCCCCc1c(I)c(/C=C/c2ccccc2)c(CCCCCCCCCCCC)c(CCCCCCCCCCCC)c1CCCCCCCCCCCC. The Balaban J connectivity index is 2.36. The third-order valence-corrected chi connectivity index (χ3v) is 15.5. The summed E-state index contributed by atoms with van der Waals surface area (Å²) in [6, 6.07) is 11.2. The largest absolute Gasteiger partial charge is 0.0654 e. The Morgan fingerprint density at radius 3 is 0.857 bits per heavy atom. The van der Waals surface area contributed by atoms with Crippen LogP contribution in [0.2, 0.25) is 0 Å². The summed E-state index contributed by atoms with van der Waals surface area (Å²) >= 11 is 2.85. The van der Waals surface area contributed by atoms with E-state index >= 15 is 0 Å². The summed E-state index contributed by atoms with van der Waals surface area (Å²) in [6.07, 6.45) is 66.8. The zero-order valence-corrected chi connectivity index (χ0v) is 45.2. The Bertz CT molecular complexity index is 1300. The zero-order valence-electron chi connectivity index (χ0n) is 43.0. The molecule has 362 valence electrons. The molecule has 0 atom stereocenters. The van der Waals surface area contributed by atoms with E-state index in [-0.39, 0.29) is 0 Å². The Morgan fingerprint density at radius 2 is 0.540 bits per heavy atom. The maximum atomic E-state index is 2.85. The molecule has 0 nitrogen and oxygen atoms in total. The lowest BCUT2D eigenvalue weighted by Crippen LogP contribution is -2.12. The first-order chi connectivity index (χ1) is 31.2. The average molecular weight is 979 g/mol. The van der Waals surface area contributed by atoms with Gasteiger partial charge in [0.2, 0.25) is 0 Å². The lowest BCUT2D eigenvalue weighted by atomic mass is 9.82. The monoisotopic (exact) mass is 979 g/mol. The lowest BCUT2D eigenvalue weighted by molar-refractivity contribution is 0.549. The van der Waals surface area contributed by atoms with Gasteiger partial charge in [0.25, 0.3) is 0 Å². The summed E-state index contributed by atoms with van der Waals surface area (Å²) in [5, 5.41) is 0. The van der Waals surface area contributed by atoms with Gasteiger partial charge in [-0.25, -0.2) is 0 Å². The van der Waals surface area contributed by atoms with Crippen molar-refractivity contribution in [3.63, 3.8) is 0 Å². The summed E-state index contributed by atoms with van der Waals surface area (Å²) in [5.41, 5.74) is 10.1. The van der Waals surface area contributed by atoms with Gasteiger partial charge in [0.05, 0.1) is 0 Å². The van der Waals surface area contributed by atoms with E-state index in [1.54, 1.807) is 20.3 Å². The number of benzene rings is 2. The van der Waals surface area contributed by atoms with Crippen LogP contribution >= 0.6 is 22.6 Å². The fourth-order valence-electron chi connectivity index (χ4n) is 10.2. The zero-order chi connectivity index (χ0) is 45.1. The molecule has 0 radical (unpaired) electrons. The Kier molecular flexibility index (Phi) is 40.1. The first-order valence-corrected chi connectivity index (χ1v) is 29.8. The van der Waals surface area contributed by atoms with Crippen LogP contribution in [0, 0.1) is 3.57 Å². The Morgan fingerprint density at radius 1 is 0.286 bits per heavy atom. The highest BCUT2D eigenvalue weighted by Gasteiger charge is 2.21. The normalized spacial score (nSPS) is 11.8. The van der Waals surface area contributed by atoms with Gasteiger partial charge < -0.3 is 0 Å². The van der Waals surface area contributed by atoms with E-state index in [0.717, 1.165) is 0 Å². The standard InChI is InChI=1S/C62H107I/c1-5-9-13-17-21-25-29-33-37-44-50-57-58(51-45-38-34-30-26-22-18-14-10-6-2)60(53-47-40-36-32-28-24-20-16-12-8-4)62(63)61(55-54-56-48-42-41-43-49-56)59(57)52-46-39-35-31-27-23-19-15-11-7-3/h41-43,48-49,54-55H,5-40,44-47,50-53H2,1-4H3/b55-54+. The summed E-state index contributed by atoms with van der Waals surface area (Å²) in [6.45, 7) is 9.34. The van der Waals surface area contributed by atoms with Crippen LogP contribution in [0.4, 0.5) is 0 Å². The summed E-state index contributed by atoms with van der Waals surface area (Å²) in [4.78, 5) is 0. The minimum absolute atomic E-state index is 1.26. The van der Waals surface area contributed by atoms with Gasteiger partial charge in [-0.1, -0.05) is 301 Å². The first-order valence-electron chi connectivity index (χ1n) is 28.8. The van der Waals surface area contributed by atoms with Crippen molar-refractivity contribution in [3.8, 4) is 0 Å².